The molecule has 0 aliphatic rings. The number of hydrogen-bond donors (Lipinski definition) is 2. The molecule has 0 amide bonds. The van der Waals surface area contributed by atoms with Gasteiger partial charge in [0.2, 0.25) is 0 Å². The van der Waals surface area contributed by atoms with Crippen molar-refractivity contribution in [2.75, 3.05) is 0 Å². The molecular formula is C94H62BBrN8O2. The Labute approximate surface area is 616 Å². The summed E-state index contributed by atoms with van der Waals surface area (Å²) < 4.78 is 14.2. The van der Waals surface area contributed by atoms with Crippen LogP contribution >= 0.6 is 15.9 Å². The van der Waals surface area contributed by atoms with Gasteiger partial charge >= 0.3 is 7.12 Å². The van der Waals surface area contributed by atoms with Crippen molar-refractivity contribution in [1.29, 1.82) is 0 Å². The molecule has 0 atom stereocenters. The Morgan fingerprint density at radius 2 is 0.509 bits per heavy atom. The van der Waals surface area contributed by atoms with Crippen molar-refractivity contribution in [2.24, 2.45) is 0 Å². The summed E-state index contributed by atoms with van der Waals surface area (Å²) in [7, 11) is -1.59. The van der Waals surface area contributed by atoms with Gasteiger partial charge in [0.1, 0.15) is 0 Å². The van der Waals surface area contributed by atoms with E-state index in [0.717, 1.165) is 116 Å². The second-order valence-corrected chi connectivity index (χ2v) is 28.0. The van der Waals surface area contributed by atoms with Gasteiger partial charge in [0, 0.05) is 105 Å². The van der Waals surface area contributed by atoms with Crippen molar-refractivity contribution in [1.82, 2.24) is 37.5 Å². The number of hydrogen-bond acceptors (Lipinski definition) is 4. The molecule has 0 aliphatic heterocycles. The number of benzene rings is 14. The number of nitrogens with zero attached hydrogens (tertiary/aromatic N) is 8. The van der Waals surface area contributed by atoms with Crippen molar-refractivity contribution in [3.8, 4) is 56.4 Å². The van der Waals surface area contributed by atoms with E-state index >= 15 is 0 Å². The maximum absolute atomic E-state index is 10.3. The van der Waals surface area contributed by atoms with E-state index in [-0.39, 0.29) is 0 Å². The van der Waals surface area contributed by atoms with Crippen LogP contribution in [-0.4, -0.2) is 54.7 Å². The van der Waals surface area contributed by atoms with E-state index in [1.54, 1.807) is 0 Å². The number of pyridine rings is 2. The predicted octanol–water partition coefficient (Wildman–Crippen LogP) is 22.5. The van der Waals surface area contributed by atoms with Gasteiger partial charge in [-0.2, -0.15) is 10.2 Å². The Hall–Kier alpha value is -13.4. The molecule has 0 radical (unpaired) electrons. The monoisotopic (exact) mass is 1420 g/mol. The summed E-state index contributed by atoms with van der Waals surface area (Å²) in [6.45, 7) is 0. The zero-order valence-electron chi connectivity index (χ0n) is 57.1. The summed E-state index contributed by atoms with van der Waals surface area (Å²) >= 11 is 3.46. The van der Waals surface area contributed by atoms with Crippen LogP contribution in [0.3, 0.4) is 0 Å². The molecule has 8 aromatic heterocycles. The molecule has 10 nitrogen and oxygen atoms in total. The van der Waals surface area contributed by atoms with E-state index in [1.807, 2.05) is 63.6 Å². The molecule has 22 aromatic rings. The van der Waals surface area contributed by atoms with E-state index in [0.29, 0.717) is 5.46 Å². The number of fused-ring (bicyclic) bond motifs is 16. The minimum absolute atomic E-state index is 0.446. The topological polar surface area (TPSA) is 94.8 Å². The maximum atomic E-state index is 10.3. The van der Waals surface area contributed by atoms with Crippen LogP contribution in [0.25, 0.3) is 176 Å². The van der Waals surface area contributed by atoms with Gasteiger partial charge in [-0.15, -0.1) is 0 Å². The largest absolute Gasteiger partial charge is 0.488 e. The highest BCUT2D eigenvalue weighted by molar-refractivity contribution is 9.10. The van der Waals surface area contributed by atoms with Crippen LogP contribution in [0, 0.1) is 0 Å². The standard InChI is InChI=1S/C47H30N4.C30H21BN2O2.C17H11BrN2/c1-2-12-34-30-49-36(25-33(34)11-1)29-43(48-49)32-23-21-31(22-24-32)35-26-37(50-44-17-7-3-13-39(44)40-14-4-8-18-45(40)50)28-38(27-35)51-46-19-9-5-15-41(46)42-16-6-10-20-47(42)51;34-31(35)20-17-21(32-27-13-5-1-9-23(27)24-10-2-6-14-28(24)32)19-22(18-20)33-29-15-7-3-11-25(29)26-12-4-8-16-30(26)33;18-15-7-5-12(6-8-15)17-10-16-9-13-3-1-2-4-14(13)11-20(16)19-17/h1-30H;1-19,34-35H;1-11H. The smallest absolute Gasteiger partial charge is 0.423 e. The molecule has 8 heterocycles. The normalized spacial score (nSPS) is 11.7. The lowest BCUT2D eigenvalue weighted by Gasteiger charge is -2.16. The Balaban J connectivity index is 0.000000116. The Morgan fingerprint density at radius 1 is 0.245 bits per heavy atom. The maximum Gasteiger partial charge on any atom is 0.488 e. The molecule has 2 N–H and O–H groups in total. The molecule has 0 spiro atoms. The summed E-state index contributed by atoms with van der Waals surface area (Å²) in [4.78, 5) is 0. The summed E-state index contributed by atoms with van der Waals surface area (Å²) in [6.07, 6.45) is 4.19. The molecule has 0 saturated carbocycles. The van der Waals surface area contributed by atoms with Crippen molar-refractivity contribution in [3.63, 3.8) is 0 Å². The molecule has 12 heteroatoms. The van der Waals surface area contributed by atoms with Gasteiger partial charge < -0.3 is 28.3 Å². The fourth-order valence-electron chi connectivity index (χ4n) is 15.9. The zero-order chi connectivity index (χ0) is 70.5. The minimum Gasteiger partial charge on any atom is -0.423 e. The van der Waals surface area contributed by atoms with E-state index in [9.17, 15) is 10.0 Å². The Morgan fingerprint density at radius 3 is 0.821 bits per heavy atom. The first kappa shape index (κ1) is 62.4. The van der Waals surface area contributed by atoms with Gasteiger partial charge in [0.25, 0.3) is 0 Å². The van der Waals surface area contributed by atoms with Crippen LogP contribution in [0.15, 0.2) is 369 Å². The van der Waals surface area contributed by atoms with Crippen LogP contribution in [0.1, 0.15) is 0 Å². The van der Waals surface area contributed by atoms with Crippen LogP contribution in [-0.2, 0) is 0 Å². The third-order valence-corrected chi connectivity index (χ3v) is 21.3. The first-order chi connectivity index (χ1) is 52.3. The van der Waals surface area contributed by atoms with Crippen molar-refractivity contribution in [2.45, 2.75) is 0 Å². The van der Waals surface area contributed by atoms with E-state index in [2.05, 4.69) is 349 Å². The lowest BCUT2D eigenvalue weighted by molar-refractivity contribution is 0.425. The van der Waals surface area contributed by atoms with E-state index in [4.69, 9.17) is 5.10 Å². The van der Waals surface area contributed by atoms with E-state index in [1.165, 1.54) is 65.2 Å². The number of para-hydroxylation sites is 8. The third kappa shape index (κ3) is 10.7. The van der Waals surface area contributed by atoms with Crippen LogP contribution < -0.4 is 5.46 Å². The van der Waals surface area contributed by atoms with Gasteiger partial charge in [-0.05, 0) is 149 Å². The van der Waals surface area contributed by atoms with Crippen molar-refractivity contribution < 1.29 is 10.0 Å². The van der Waals surface area contributed by atoms with Crippen molar-refractivity contribution >= 4 is 148 Å². The molecule has 500 valence electrons. The highest BCUT2D eigenvalue weighted by atomic mass is 79.9. The Bertz CT molecular complexity index is 6640. The van der Waals surface area contributed by atoms with Gasteiger partial charge in [-0.3, -0.25) is 0 Å². The number of rotatable bonds is 8. The molecule has 22 rings (SSSR count). The van der Waals surface area contributed by atoms with Gasteiger partial charge in [-0.1, -0.05) is 246 Å². The summed E-state index contributed by atoms with van der Waals surface area (Å²) in [5.74, 6) is 0. The third-order valence-electron chi connectivity index (χ3n) is 20.8. The van der Waals surface area contributed by atoms with Gasteiger partial charge in [-0.25, -0.2) is 9.03 Å². The summed E-state index contributed by atoms with van der Waals surface area (Å²) in [5.41, 5.74) is 22.2. The first-order valence-corrected chi connectivity index (χ1v) is 36.3. The van der Waals surface area contributed by atoms with Crippen LogP contribution in [0.5, 0.6) is 0 Å². The second-order valence-electron chi connectivity index (χ2n) is 27.1. The average Bonchev–Trinajstić information content (AvgIpc) is 1.58. The summed E-state index contributed by atoms with van der Waals surface area (Å²) in [6, 6.07) is 124. The molecule has 106 heavy (non-hydrogen) atoms. The summed E-state index contributed by atoms with van der Waals surface area (Å²) in [5, 5.41) is 44.6. The van der Waals surface area contributed by atoms with Crippen LogP contribution in [0.4, 0.5) is 0 Å². The van der Waals surface area contributed by atoms with Gasteiger partial charge in [0.05, 0.1) is 66.6 Å². The SMILES string of the molecule is Brc1ccc(-c2cc3cc4ccccc4cn3n2)cc1.OB(O)c1cc(-n2c3ccccc3c3ccccc32)cc(-n2c3ccccc3c3ccccc32)c1.c1ccc2cn3nc(-c4ccc(-c5cc(-n6c7ccccc7c7ccccc76)cc(-n6c7ccccc7c7ccccc76)c5)cc4)cc3cc2c1. The molecule has 0 fully saturated rings. The highest BCUT2D eigenvalue weighted by Gasteiger charge is 2.22. The molecule has 0 saturated heterocycles. The molecular weight excluding hydrogens is 1360 g/mol. The molecule has 0 aliphatic carbocycles. The quantitative estimate of drug-likeness (QED) is 0.148. The van der Waals surface area contributed by atoms with E-state index < -0.39 is 7.12 Å². The number of aromatic nitrogens is 8. The molecule has 0 bridgehead atoms. The molecule has 14 aromatic carbocycles. The minimum atomic E-state index is -1.59. The predicted molar refractivity (Wildman–Crippen MR) is 443 cm³/mol. The molecule has 0 unspecified atom stereocenters. The lowest BCUT2D eigenvalue weighted by atomic mass is 9.80. The zero-order valence-corrected chi connectivity index (χ0v) is 58.7. The Kier molecular flexibility index (Phi) is 15.1. The lowest BCUT2D eigenvalue weighted by Crippen LogP contribution is -2.30. The van der Waals surface area contributed by atoms with Crippen LogP contribution in [0.2, 0.25) is 0 Å². The van der Waals surface area contributed by atoms with Gasteiger partial charge in [0.15, 0.2) is 0 Å². The second kappa shape index (κ2) is 25.6. The first-order valence-electron chi connectivity index (χ1n) is 35.5. The fraction of sp³-hybridized carbons (Fsp3) is 0. The van der Waals surface area contributed by atoms with Crippen molar-refractivity contribution in [3.05, 3.63) is 369 Å². The number of halogens is 1. The average molecular weight is 1430 g/mol. The highest BCUT2D eigenvalue weighted by Crippen LogP contribution is 2.41. The fourth-order valence-corrected chi connectivity index (χ4v) is 16.2.